The highest BCUT2D eigenvalue weighted by atomic mass is 14.3. The van der Waals surface area contributed by atoms with Gasteiger partial charge in [-0.2, -0.15) is 0 Å². The van der Waals surface area contributed by atoms with Crippen LogP contribution in [0.3, 0.4) is 0 Å². The Morgan fingerprint density at radius 3 is 0.300 bits per heavy atom. The molecule has 0 radical (unpaired) electrons. The van der Waals surface area contributed by atoms with E-state index in [2.05, 4.69) is 55.4 Å². The smallest absolute Gasteiger partial charge is 0.0108 e. The fourth-order valence-corrected chi connectivity index (χ4v) is 16.1. The first-order chi connectivity index (χ1) is 44.6. The zero-order valence-electron chi connectivity index (χ0n) is 63.9. The van der Waals surface area contributed by atoms with Gasteiger partial charge in [-0.1, -0.05) is 415 Å². The van der Waals surface area contributed by atoms with Crippen LogP contribution in [0.5, 0.6) is 0 Å². The number of benzene rings is 2. The molecule has 0 nitrogen and oxygen atoms in total. The Bertz CT molecular complexity index is 1550. The lowest BCUT2D eigenvalue weighted by atomic mass is 9.74. The van der Waals surface area contributed by atoms with Crippen LogP contribution in [0.25, 0.3) is 10.8 Å². The van der Waals surface area contributed by atoms with E-state index in [1.165, 1.54) is 462 Å². The molecule has 0 heterocycles. The first-order valence-corrected chi connectivity index (χ1v) is 43.2. The third-order valence-corrected chi connectivity index (χ3v) is 21.9. The van der Waals surface area contributed by atoms with Crippen molar-refractivity contribution in [2.75, 3.05) is 0 Å². The van der Waals surface area contributed by atoms with Gasteiger partial charge >= 0.3 is 0 Å². The number of hydrogen-bond donors (Lipinski definition) is 0. The molecule has 0 spiro atoms. The Balaban J connectivity index is 3.26. The van der Waals surface area contributed by atoms with Crippen molar-refractivity contribution in [1.82, 2.24) is 0 Å². The van der Waals surface area contributed by atoms with Gasteiger partial charge < -0.3 is 0 Å². The molecule has 0 N–H and O–H groups in total. The lowest BCUT2D eigenvalue weighted by Crippen LogP contribution is -2.15. The summed E-state index contributed by atoms with van der Waals surface area (Å²) in [7, 11) is 0. The van der Waals surface area contributed by atoms with Crippen LogP contribution in [0.15, 0.2) is 0 Å². The summed E-state index contributed by atoms with van der Waals surface area (Å²) in [5, 5.41) is 3.88. The summed E-state index contributed by atoms with van der Waals surface area (Å²) >= 11 is 0. The van der Waals surface area contributed by atoms with Crippen LogP contribution in [-0.4, -0.2) is 0 Å². The highest BCUT2D eigenvalue weighted by Gasteiger charge is 2.28. The molecule has 0 saturated carbocycles. The fraction of sp³-hybridized carbons (Fsp3) is 0.889. The monoisotopic (exact) mass is 1250 g/mol. The maximum absolute atomic E-state index is 2.39. The van der Waals surface area contributed by atoms with Crippen LogP contribution in [0.1, 0.15) is 511 Å². The number of hydrogen-bond acceptors (Lipinski definition) is 0. The summed E-state index contributed by atoms with van der Waals surface area (Å²) < 4.78 is 0. The van der Waals surface area contributed by atoms with Crippen molar-refractivity contribution in [1.29, 1.82) is 0 Å². The zero-order chi connectivity index (χ0) is 64.7. The van der Waals surface area contributed by atoms with Crippen LogP contribution >= 0.6 is 0 Å². The van der Waals surface area contributed by atoms with Gasteiger partial charge in [0.25, 0.3) is 0 Å². The van der Waals surface area contributed by atoms with Crippen molar-refractivity contribution in [3.05, 3.63) is 44.5 Å². The van der Waals surface area contributed by atoms with Gasteiger partial charge in [-0.15, -0.1) is 0 Å². The van der Waals surface area contributed by atoms with Gasteiger partial charge in [0.15, 0.2) is 0 Å². The van der Waals surface area contributed by atoms with E-state index in [1.807, 2.05) is 55.3 Å². The quantitative estimate of drug-likeness (QED) is 0.0579. The number of fused-ring (bicyclic) bond motifs is 1. The Morgan fingerprint density at radius 2 is 0.189 bits per heavy atom. The van der Waals surface area contributed by atoms with E-state index in [1.54, 1.807) is 0 Å². The van der Waals surface area contributed by atoms with Gasteiger partial charge in [0.2, 0.25) is 0 Å². The third kappa shape index (κ3) is 42.3. The zero-order valence-corrected chi connectivity index (χ0v) is 63.9. The highest BCUT2D eigenvalue weighted by molar-refractivity contribution is 5.98. The lowest BCUT2D eigenvalue weighted by molar-refractivity contribution is 0.563. The highest BCUT2D eigenvalue weighted by Crippen LogP contribution is 2.45. The summed E-state index contributed by atoms with van der Waals surface area (Å²) in [5.41, 5.74) is 15.6. The van der Waals surface area contributed by atoms with Gasteiger partial charge in [-0.05, 0) is 158 Å². The summed E-state index contributed by atoms with van der Waals surface area (Å²) in [4.78, 5) is 0. The molecule has 0 heteroatoms. The minimum atomic E-state index is 1.34. The molecule has 0 bridgehead atoms. The first kappa shape index (κ1) is 84.8. The molecule has 0 saturated heterocycles. The minimum absolute atomic E-state index is 1.34. The Morgan fingerprint density at radius 1 is 0.100 bits per heavy atom. The van der Waals surface area contributed by atoms with Crippen molar-refractivity contribution in [3.8, 4) is 0 Å². The molecule has 0 atom stereocenters. The standard InChI is InChI=1S/C90H168/c1-9-17-25-33-41-49-57-65-73-81-82(74-66-58-50-42-34-26-18-10-2)86(78-70-62-54-46-38-30-22-14-6)90-88(80-72-64-56-48-40-32-24-16-8)84(76-68-60-52-44-36-28-20-12-4)83(75-67-59-51-43-35-27-19-11-3)87(79-71-63-55-47-39-31-23-15-7)89(90)85(81)77-69-61-53-45-37-29-21-13-5/h9-80H2,1-8H3. The number of rotatable bonds is 72. The average Bonchev–Trinajstić information content (AvgIpc) is 0.727. The molecule has 2 aromatic rings. The average molecular weight is 1250 g/mol. The second kappa shape index (κ2) is 65.0. The summed E-state index contributed by atoms with van der Waals surface area (Å²) in [6.45, 7) is 19.1. The molecular formula is C90H168. The Hall–Kier alpha value is -1.30. The predicted octanol–water partition coefficient (Wildman–Crippen LogP) is 32.3. The molecule has 0 unspecified atom stereocenters. The van der Waals surface area contributed by atoms with Crippen LogP contribution in [-0.2, 0) is 51.4 Å². The van der Waals surface area contributed by atoms with Crippen LogP contribution in [0.4, 0.5) is 0 Å². The van der Waals surface area contributed by atoms with Crippen LogP contribution in [0, 0.1) is 0 Å². The van der Waals surface area contributed by atoms with Crippen molar-refractivity contribution in [3.63, 3.8) is 0 Å². The Labute approximate surface area is 569 Å². The Kier molecular flexibility index (Phi) is 61.2. The van der Waals surface area contributed by atoms with E-state index >= 15 is 0 Å². The molecule has 90 heavy (non-hydrogen) atoms. The van der Waals surface area contributed by atoms with Crippen molar-refractivity contribution in [2.24, 2.45) is 0 Å². The largest absolute Gasteiger partial charge is 0.0654 e. The molecule has 2 rings (SSSR count). The molecular weight excluding hydrogens is 1080 g/mol. The topological polar surface area (TPSA) is 0 Å². The van der Waals surface area contributed by atoms with Gasteiger partial charge in [-0.3, -0.25) is 0 Å². The third-order valence-electron chi connectivity index (χ3n) is 21.9. The number of aryl methyl sites for hydroxylation is 4. The maximum Gasteiger partial charge on any atom is -0.0108 e. The van der Waals surface area contributed by atoms with Gasteiger partial charge in [0, 0.05) is 0 Å². The lowest BCUT2D eigenvalue weighted by Gasteiger charge is -2.31. The molecule has 0 amide bonds. The normalized spacial score (nSPS) is 11.9. The molecule has 528 valence electrons. The van der Waals surface area contributed by atoms with Crippen LogP contribution in [0.2, 0.25) is 0 Å². The first-order valence-electron chi connectivity index (χ1n) is 43.2. The van der Waals surface area contributed by atoms with Crippen LogP contribution < -0.4 is 0 Å². The van der Waals surface area contributed by atoms with Crippen molar-refractivity contribution >= 4 is 10.8 Å². The molecule has 2 aromatic carbocycles. The predicted molar refractivity (Wildman–Crippen MR) is 414 cm³/mol. The van der Waals surface area contributed by atoms with E-state index in [9.17, 15) is 0 Å². The van der Waals surface area contributed by atoms with E-state index in [-0.39, 0.29) is 0 Å². The summed E-state index contributed by atoms with van der Waals surface area (Å²) in [5.74, 6) is 0. The molecule has 0 fully saturated rings. The van der Waals surface area contributed by atoms with Crippen molar-refractivity contribution in [2.45, 2.75) is 518 Å². The maximum atomic E-state index is 2.39. The molecule has 0 aliphatic rings. The summed E-state index contributed by atoms with van der Waals surface area (Å²) in [6.07, 6.45) is 102. The van der Waals surface area contributed by atoms with Gasteiger partial charge in [-0.25, -0.2) is 0 Å². The van der Waals surface area contributed by atoms with E-state index in [0.29, 0.717) is 0 Å². The second-order valence-electron chi connectivity index (χ2n) is 30.4. The molecule has 0 aromatic heterocycles. The van der Waals surface area contributed by atoms with Crippen molar-refractivity contribution < 1.29 is 0 Å². The summed E-state index contributed by atoms with van der Waals surface area (Å²) in [6, 6.07) is 0. The van der Waals surface area contributed by atoms with Gasteiger partial charge in [0.1, 0.15) is 0 Å². The fourth-order valence-electron chi connectivity index (χ4n) is 16.1. The molecule has 0 aliphatic heterocycles. The molecule has 0 aliphatic carbocycles. The minimum Gasteiger partial charge on any atom is -0.0654 e. The second-order valence-corrected chi connectivity index (χ2v) is 30.4. The van der Waals surface area contributed by atoms with E-state index < -0.39 is 0 Å². The van der Waals surface area contributed by atoms with E-state index in [0.717, 1.165) is 0 Å². The van der Waals surface area contributed by atoms with E-state index in [4.69, 9.17) is 0 Å². The SMILES string of the molecule is CCCCCCCCCCc1c(CCCCCCCCCC)c(CCCCCCCCCC)c2c(CCCCCCCCCC)c(CCCCCCCCCC)c(CCCCCCCCCC)c(CCCCCCCCCC)c2c1CCCCCCCCCC. The van der Waals surface area contributed by atoms with Gasteiger partial charge in [0.05, 0.1) is 0 Å². The number of unbranched alkanes of at least 4 members (excludes halogenated alkanes) is 56.